The van der Waals surface area contributed by atoms with Gasteiger partial charge in [0.15, 0.2) is 9.76 Å². The summed E-state index contributed by atoms with van der Waals surface area (Å²) in [6.45, 7) is 2.12. The van der Waals surface area contributed by atoms with Gasteiger partial charge in [-0.2, -0.15) is 0 Å². The van der Waals surface area contributed by atoms with E-state index < -0.39 is 15.9 Å². The predicted molar refractivity (Wildman–Crippen MR) is 48.5 cm³/mol. The van der Waals surface area contributed by atoms with Crippen LogP contribution in [0, 0.1) is 0 Å². The SMILES string of the molecule is CCC[SiH2]OC(OC)(OC)OC. The first-order valence-corrected chi connectivity index (χ1v) is 5.61. The lowest BCUT2D eigenvalue weighted by Crippen LogP contribution is -2.40. The number of ether oxygens (including phenoxy) is 3. The van der Waals surface area contributed by atoms with Gasteiger partial charge < -0.3 is 18.6 Å². The van der Waals surface area contributed by atoms with E-state index in [0.717, 1.165) is 12.5 Å². The van der Waals surface area contributed by atoms with Crippen molar-refractivity contribution in [3.8, 4) is 0 Å². The predicted octanol–water partition coefficient (Wildman–Crippen LogP) is 0.466. The Morgan fingerprint density at radius 1 is 1.08 bits per heavy atom. The van der Waals surface area contributed by atoms with Crippen LogP contribution in [-0.4, -0.2) is 37.3 Å². The molecule has 0 unspecified atom stereocenters. The van der Waals surface area contributed by atoms with Crippen molar-refractivity contribution in [2.75, 3.05) is 21.3 Å². The minimum Gasteiger partial charge on any atom is -0.353 e. The summed E-state index contributed by atoms with van der Waals surface area (Å²) in [7, 11) is 3.88. The van der Waals surface area contributed by atoms with E-state index in [0.29, 0.717) is 0 Å². The topological polar surface area (TPSA) is 36.9 Å². The van der Waals surface area contributed by atoms with Gasteiger partial charge in [0.2, 0.25) is 0 Å². The molecule has 0 atom stereocenters. The van der Waals surface area contributed by atoms with E-state index in [4.69, 9.17) is 18.6 Å². The molecule has 0 fully saturated rings. The lowest BCUT2D eigenvalue weighted by molar-refractivity contribution is -0.450. The highest BCUT2D eigenvalue weighted by Crippen LogP contribution is 2.13. The Labute approximate surface area is 76.1 Å². The van der Waals surface area contributed by atoms with Gasteiger partial charge in [-0.1, -0.05) is 13.3 Å². The molecule has 12 heavy (non-hydrogen) atoms. The third-order valence-corrected chi connectivity index (χ3v) is 3.08. The molecule has 0 rings (SSSR count). The van der Waals surface area contributed by atoms with Crippen molar-refractivity contribution in [3.63, 3.8) is 0 Å². The zero-order valence-electron chi connectivity index (χ0n) is 8.25. The summed E-state index contributed by atoms with van der Waals surface area (Å²) in [6, 6.07) is 1.10. The Hall–Kier alpha value is 0.0569. The fourth-order valence-corrected chi connectivity index (χ4v) is 1.80. The van der Waals surface area contributed by atoms with E-state index in [-0.39, 0.29) is 0 Å². The van der Waals surface area contributed by atoms with E-state index in [1.807, 2.05) is 0 Å². The largest absolute Gasteiger partial charge is 0.401 e. The second kappa shape index (κ2) is 6.56. The molecule has 0 aromatic rings. The van der Waals surface area contributed by atoms with Gasteiger partial charge in [0.25, 0.3) is 0 Å². The first-order valence-electron chi connectivity index (χ1n) is 4.04. The summed E-state index contributed by atoms with van der Waals surface area (Å²) in [6.07, 6.45) is -0.138. The maximum absolute atomic E-state index is 5.39. The molecule has 5 heteroatoms. The van der Waals surface area contributed by atoms with E-state index in [1.54, 1.807) is 0 Å². The molecule has 0 aliphatic rings. The highest BCUT2D eigenvalue weighted by Gasteiger charge is 2.30. The molecule has 0 radical (unpaired) electrons. The van der Waals surface area contributed by atoms with Crippen LogP contribution in [-0.2, 0) is 18.6 Å². The minimum absolute atomic E-state index is 0.601. The van der Waals surface area contributed by atoms with Crippen molar-refractivity contribution in [1.82, 2.24) is 0 Å². The second-order valence-corrected chi connectivity index (χ2v) is 3.72. The quantitative estimate of drug-likeness (QED) is 0.335. The van der Waals surface area contributed by atoms with Gasteiger partial charge >= 0.3 is 6.16 Å². The first-order chi connectivity index (χ1) is 5.74. The fraction of sp³-hybridized carbons (Fsp3) is 1.00. The average molecular weight is 194 g/mol. The number of methoxy groups -OCH3 is 3. The van der Waals surface area contributed by atoms with Gasteiger partial charge in [-0.25, -0.2) is 0 Å². The fourth-order valence-electron chi connectivity index (χ4n) is 0.768. The number of hydrogen-bond donors (Lipinski definition) is 0. The summed E-state index contributed by atoms with van der Waals surface area (Å²) in [5.41, 5.74) is 0. The molecule has 74 valence electrons. The summed E-state index contributed by atoms with van der Waals surface area (Å²) < 4.78 is 20.2. The van der Waals surface area contributed by atoms with Crippen LogP contribution >= 0.6 is 0 Å². The van der Waals surface area contributed by atoms with Gasteiger partial charge in [-0.05, 0) is 6.04 Å². The molecule has 0 amide bonds. The Kier molecular flexibility index (Phi) is 6.59. The Balaban J connectivity index is 3.76. The highest BCUT2D eigenvalue weighted by molar-refractivity contribution is 6.27. The van der Waals surface area contributed by atoms with Crippen LogP contribution in [0.15, 0.2) is 0 Å². The van der Waals surface area contributed by atoms with Crippen LogP contribution in [0.4, 0.5) is 0 Å². The monoisotopic (exact) mass is 194 g/mol. The van der Waals surface area contributed by atoms with E-state index in [9.17, 15) is 0 Å². The standard InChI is InChI=1S/C7H18O4Si/c1-5-6-12-11-7(8-2,9-3)10-4/h5-6,12H2,1-4H3. The van der Waals surface area contributed by atoms with Crippen molar-refractivity contribution >= 4 is 9.76 Å². The second-order valence-electron chi connectivity index (χ2n) is 2.31. The Bertz CT molecular complexity index is 97.3. The lowest BCUT2D eigenvalue weighted by Gasteiger charge is -2.27. The first kappa shape index (κ1) is 12.1. The number of hydrogen-bond acceptors (Lipinski definition) is 4. The maximum Gasteiger partial charge on any atom is 0.401 e. The van der Waals surface area contributed by atoms with Crippen LogP contribution in [0.2, 0.25) is 6.04 Å². The third kappa shape index (κ3) is 3.64. The summed E-state index contributed by atoms with van der Waals surface area (Å²) in [4.78, 5) is 0. The van der Waals surface area contributed by atoms with Crippen LogP contribution in [0.3, 0.4) is 0 Å². The normalized spacial score (nSPS) is 13.0. The van der Waals surface area contributed by atoms with Crippen LogP contribution in [0.1, 0.15) is 13.3 Å². The minimum atomic E-state index is -1.26. The molecule has 0 aliphatic carbocycles. The molecule has 4 nitrogen and oxygen atoms in total. The maximum atomic E-state index is 5.39. The zero-order chi connectivity index (χ0) is 9.45. The smallest absolute Gasteiger partial charge is 0.353 e. The molecular formula is C7H18O4Si. The number of rotatable bonds is 7. The summed E-state index contributed by atoms with van der Waals surface area (Å²) >= 11 is 0. The van der Waals surface area contributed by atoms with Crippen molar-refractivity contribution in [2.45, 2.75) is 25.5 Å². The molecule has 0 aromatic carbocycles. The van der Waals surface area contributed by atoms with Crippen LogP contribution in [0.5, 0.6) is 0 Å². The molecule has 0 aliphatic heterocycles. The average Bonchev–Trinajstić information content (AvgIpc) is 2.14. The molecular weight excluding hydrogens is 176 g/mol. The van der Waals surface area contributed by atoms with Crippen molar-refractivity contribution < 1.29 is 18.6 Å². The summed E-state index contributed by atoms with van der Waals surface area (Å²) in [5, 5.41) is 0. The van der Waals surface area contributed by atoms with Crippen molar-refractivity contribution in [2.24, 2.45) is 0 Å². The van der Waals surface area contributed by atoms with E-state index in [2.05, 4.69) is 6.92 Å². The van der Waals surface area contributed by atoms with Crippen molar-refractivity contribution in [1.29, 1.82) is 0 Å². The molecule has 0 bridgehead atoms. The molecule has 0 saturated carbocycles. The third-order valence-electron chi connectivity index (χ3n) is 1.53. The van der Waals surface area contributed by atoms with Gasteiger partial charge in [0.05, 0.1) is 0 Å². The molecule has 0 N–H and O–H groups in total. The van der Waals surface area contributed by atoms with Crippen LogP contribution < -0.4 is 0 Å². The van der Waals surface area contributed by atoms with E-state index >= 15 is 0 Å². The Morgan fingerprint density at radius 3 is 1.92 bits per heavy atom. The van der Waals surface area contributed by atoms with Gasteiger partial charge in [-0.3, -0.25) is 0 Å². The van der Waals surface area contributed by atoms with E-state index in [1.165, 1.54) is 21.3 Å². The summed E-state index contributed by atoms with van der Waals surface area (Å²) in [5.74, 6) is 0. The van der Waals surface area contributed by atoms with Gasteiger partial charge in [0, 0.05) is 21.3 Å². The van der Waals surface area contributed by atoms with Gasteiger partial charge in [0.1, 0.15) is 0 Å². The van der Waals surface area contributed by atoms with Crippen LogP contribution in [0.25, 0.3) is 0 Å². The highest BCUT2D eigenvalue weighted by atomic mass is 28.2. The lowest BCUT2D eigenvalue weighted by atomic mass is 10.6. The van der Waals surface area contributed by atoms with Gasteiger partial charge in [-0.15, -0.1) is 0 Å². The zero-order valence-corrected chi connectivity index (χ0v) is 9.67. The molecule has 0 aromatic heterocycles. The van der Waals surface area contributed by atoms with Crippen molar-refractivity contribution in [3.05, 3.63) is 0 Å². The Morgan fingerprint density at radius 2 is 1.58 bits per heavy atom. The molecule has 0 saturated heterocycles. The molecule has 0 spiro atoms. The molecule has 0 heterocycles.